The molecule has 0 aliphatic carbocycles. The van der Waals surface area contributed by atoms with Gasteiger partial charge in [0.05, 0.1) is 5.52 Å². The summed E-state index contributed by atoms with van der Waals surface area (Å²) in [5.74, 6) is 2.67. The lowest BCUT2D eigenvalue weighted by atomic mass is 10.1. The molecule has 0 aliphatic rings. The molecule has 3 rings (SSSR count). The number of nitrogens with zero attached hydrogens (tertiary/aromatic N) is 1. The van der Waals surface area contributed by atoms with E-state index in [-0.39, 0.29) is 5.56 Å². The van der Waals surface area contributed by atoms with Gasteiger partial charge in [-0.3, -0.25) is 4.79 Å². The van der Waals surface area contributed by atoms with Crippen molar-refractivity contribution in [3.05, 3.63) is 94.1 Å². The molecule has 0 aliphatic heterocycles. The highest BCUT2D eigenvalue weighted by atomic mass is 19.1. The van der Waals surface area contributed by atoms with Crippen LogP contribution in [-0.2, 0) is 13.1 Å². The fourth-order valence-electron chi connectivity index (χ4n) is 3.29. The van der Waals surface area contributed by atoms with Crippen LogP contribution in [0.5, 0.6) is 11.5 Å². The van der Waals surface area contributed by atoms with E-state index in [1.54, 1.807) is 10.6 Å². The van der Waals surface area contributed by atoms with Crippen molar-refractivity contribution in [2.45, 2.75) is 20.0 Å². The van der Waals surface area contributed by atoms with E-state index in [9.17, 15) is 9.18 Å². The second kappa shape index (κ2) is 11.1. The maximum absolute atomic E-state index is 13.1. The van der Waals surface area contributed by atoms with Crippen LogP contribution >= 0.6 is 0 Å². The van der Waals surface area contributed by atoms with Crippen molar-refractivity contribution in [1.82, 2.24) is 9.88 Å². The van der Waals surface area contributed by atoms with Crippen LogP contribution in [-0.4, -0.2) is 17.7 Å². The number of hydrogen-bond donors (Lipinski definition) is 2. The smallest absolute Gasteiger partial charge is 0.255 e. The number of nitrogens with one attached hydrogen (secondary N) is 1. The normalized spacial score (nSPS) is 12.1. The Bertz CT molecular complexity index is 1240. The molecule has 164 valence electrons. The number of ether oxygens (including phenoxy) is 1. The van der Waals surface area contributed by atoms with Gasteiger partial charge < -0.3 is 20.4 Å². The molecule has 0 bridgehead atoms. The molecule has 0 atom stereocenters. The lowest BCUT2D eigenvalue weighted by Gasteiger charge is -2.14. The van der Waals surface area contributed by atoms with Gasteiger partial charge in [0, 0.05) is 37.8 Å². The molecular weight excluding hydrogens is 405 g/mol. The molecule has 3 aromatic rings. The molecule has 0 saturated heterocycles. The van der Waals surface area contributed by atoms with E-state index in [0.717, 1.165) is 22.2 Å². The van der Waals surface area contributed by atoms with Crippen LogP contribution in [0.15, 0.2) is 82.9 Å². The van der Waals surface area contributed by atoms with Gasteiger partial charge in [0.1, 0.15) is 11.5 Å². The summed E-state index contributed by atoms with van der Waals surface area (Å²) < 4.78 is 20.6. The largest absolute Gasteiger partial charge is 0.457 e. The van der Waals surface area contributed by atoms with E-state index >= 15 is 0 Å². The fraction of sp³-hybridized carbons (Fsp3) is 0.192. The van der Waals surface area contributed by atoms with Gasteiger partial charge in [-0.2, -0.15) is 4.39 Å². The van der Waals surface area contributed by atoms with E-state index < -0.39 is 5.83 Å². The third-order valence-electron chi connectivity index (χ3n) is 4.85. The Hall–Kier alpha value is -3.66. The molecule has 6 heteroatoms. The van der Waals surface area contributed by atoms with Crippen molar-refractivity contribution < 1.29 is 9.13 Å². The summed E-state index contributed by atoms with van der Waals surface area (Å²) in [7, 11) is 0. The minimum absolute atomic E-state index is 0.104. The monoisotopic (exact) mass is 431 g/mol. The highest BCUT2D eigenvalue weighted by Gasteiger charge is 2.10. The number of pyridine rings is 1. The predicted molar refractivity (Wildman–Crippen MR) is 127 cm³/mol. The molecule has 0 fully saturated rings. The first kappa shape index (κ1) is 23.0. The SMILES string of the molecule is C#C/C(F)=C\C=C(/C)CNCc1cc2ccc(Oc3ccccc3)cc2n(CCN)c1=O. The molecule has 0 amide bonds. The maximum Gasteiger partial charge on any atom is 0.255 e. The summed E-state index contributed by atoms with van der Waals surface area (Å²) in [5.41, 5.74) is 7.96. The van der Waals surface area contributed by atoms with Crippen molar-refractivity contribution in [3.63, 3.8) is 0 Å². The predicted octanol–water partition coefficient (Wildman–Crippen LogP) is 4.28. The Balaban J connectivity index is 1.84. The molecule has 0 spiro atoms. The van der Waals surface area contributed by atoms with Crippen molar-refractivity contribution in [2.75, 3.05) is 13.1 Å². The van der Waals surface area contributed by atoms with Crippen molar-refractivity contribution >= 4 is 10.9 Å². The van der Waals surface area contributed by atoms with Crippen LogP contribution in [0.25, 0.3) is 10.9 Å². The summed E-state index contributed by atoms with van der Waals surface area (Å²) in [5, 5.41) is 4.14. The number of halogens is 1. The highest BCUT2D eigenvalue weighted by Crippen LogP contribution is 2.25. The van der Waals surface area contributed by atoms with Gasteiger partial charge in [-0.05, 0) is 54.6 Å². The van der Waals surface area contributed by atoms with Crippen LogP contribution < -0.4 is 21.3 Å². The minimum Gasteiger partial charge on any atom is -0.457 e. The van der Waals surface area contributed by atoms with Gasteiger partial charge in [0.15, 0.2) is 5.83 Å². The summed E-state index contributed by atoms with van der Waals surface area (Å²) in [6, 6.07) is 17.0. The zero-order chi connectivity index (χ0) is 22.9. The molecule has 1 aromatic heterocycles. The number of allylic oxidation sites excluding steroid dienone is 3. The van der Waals surface area contributed by atoms with E-state index in [1.165, 1.54) is 6.08 Å². The maximum atomic E-state index is 13.1. The number of aromatic nitrogens is 1. The Labute approximate surface area is 187 Å². The Morgan fingerprint density at radius 1 is 1.19 bits per heavy atom. The van der Waals surface area contributed by atoms with Crippen molar-refractivity contribution in [2.24, 2.45) is 5.73 Å². The molecule has 5 nitrogen and oxygen atoms in total. The Morgan fingerprint density at radius 3 is 2.69 bits per heavy atom. The lowest BCUT2D eigenvalue weighted by molar-refractivity contribution is 0.483. The quantitative estimate of drug-likeness (QED) is 0.392. The summed E-state index contributed by atoms with van der Waals surface area (Å²) in [6.07, 6.45) is 7.85. The van der Waals surface area contributed by atoms with Crippen LogP contribution in [0.2, 0.25) is 0 Å². The standard InChI is InChI=1S/C26H26FN3O2/c1-3-22(27)11-9-19(2)17-29-18-21-15-20-10-12-24(32-23-7-5-4-6-8-23)16-25(20)30(14-13-28)26(21)31/h1,4-12,15-16,29H,13-14,17-18,28H2,2H3/b19-9+,22-11+. The number of benzene rings is 2. The van der Waals surface area contributed by atoms with Gasteiger partial charge in [0.25, 0.3) is 5.56 Å². The van der Waals surface area contributed by atoms with Gasteiger partial charge in [0.2, 0.25) is 0 Å². The van der Waals surface area contributed by atoms with Gasteiger partial charge >= 0.3 is 0 Å². The second-order valence-corrected chi connectivity index (χ2v) is 7.33. The number of para-hydroxylation sites is 1. The molecule has 0 unspecified atom stereocenters. The summed E-state index contributed by atoms with van der Waals surface area (Å²) in [4.78, 5) is 13.1. The zero-order valence-corrected chi connectivity index (χ0v) is 18.0. The van der Waals surface area contributed by atoms with Gasteiger partial charge in [-0.1, -0.05) is 29.8 Å². The summed E-state index contributed by atoms with van der Waals surface area (Å²) in [6.45, 7) is 3.45. The van der Waals surface area contributed by atoms with Gasteiger partial charge in [-0.15, -0.1) is 6.42 Å². The molecule has 0 saturated carbocycles. The first-order valence-electron chi connectivity index (χ1n) is 10.3. The number of hydrogen-bond acceptors (Lipinski definition) is 4. The van der Waals surface area contributed by atoms with Crippen LogP contribution in [0, 0.1) is 12.3 Å². The van der Waals surface area contributed by atoms with E-state index in [4.69, 9.17) is 16.9 Å². The number of fused-ring (bicyclic) bond motifs is 1. The zero-order valence-electron chi connectivity index (χ0n) is 18.0. The molecule has 32 heavy (non-hydrogen) atoms. The molecule has 1 heterocycles. The number of terminal acetylenes is 1. The van der Waals surface area contributed by atoms with E-state index in [1.807, 2.05) is 67.4 Å². The van der Waals surface area contributed by atoms with E-state index in [0.29, 0.717) is 37.5 Å². The Morgan fingerprint density at radius 2 is 1.97 bits per heavy atom. The number of nitrogens with two attached hydrogens (primary N) is 1. The third-order valence-corrected chi connectivity index (χ3v) is 4.85. The average molecular weight is 432 g/mol. The van der Waals surface area contributed by atoms with Gasteiger partial charge in [-0.25, -0.2) is 0 Å². The van der Waals surface area contributed by atoms with Crippen molar-refractivity contribution in [1.29, 1.82) is 0 Å². The minimum atomic E-state index is -0.626. The summed E-state index contributed by atoms with van der Waals surface area (Å²) >= 11 is 0. The first-order valence-corrected chi connectivity index (χ1v) is 10.3. The molecular formula is C26H26FN3O2. The topological polar surface area (TPSA) is 69.3 Å². The fourth-order valence-corrected chi connectivity index (χ4v) is 3.29. The highest BCUT2D eigenvalue weighted by molar-refractivity contribution is 5.81. The van der Waals surface area contributed by atoms with E-state index in [2.05, 4.69) is 5.32 Å². The lowest BCUT2D eigenvalue weighted by Crippen LogP contribution is -2.30. The Kier molecular flexibility index (Phi) is 7.98. The van der Waals surface area contributed by atoms with Crippen LogP contribution in [0.1, 0.15) is 12.5 Å². The molecule has 3 N–H and O–H groups in total. The van der Waals surface area contributed by atoms with Crippen LogP contribution in [0.3, 0.4) is 0 Å². The van der Waals surface area contributed by atoms with Crippen LogP contribution in [0.4, 0.5) is 4.39 Å². The molecule has 2 aromatic carbocycles. The third kappa shape index (κ3) is 5.94. The first-order chi connectivity index (χ1) is 15.5. The average Bonchev–Trinajstić information content (AvgIpc) is 2.81. The van der Waals surface area contributed by atoms with Crippen molar-refractivity contribution in [3.8, 4) is 23.8 Å². The second-order valence-electron chi connectivity index (χ2n) is 7.33. The number of rotatable bonds is 9. The molecule has 0 radical (unpaired) electrons.